The van der Waals surface area contributed by atoms with Crippen molar-refractivity contribution in [3.63, 3.8) is 0 Å². The van der Waals surface area contributed by atoms with Crippen molar-refractivity contribution in [2.45, 2.75) is 12.5 Å². The maximum Gasteiger partial charge on any atom is 0.0489 e. The maximum atomic E-state index is 6.04. The molecule has 0 aromatic heterocycles. The topological polar surface area (TPSA) is 38.0 Å². The number of anilines is 1. The van der Waals surface area contributed by atoms with Gasteiger partial charge in [-0.2, -0.15) is 0 Å². The van der Waals surface area contributed by atoms with Crippen LogP contribution in [0.2, 0.25) is 10.0 Å². The molecular weight excluding hydrogens is 207 g/mol. The van der Waals surface area contributed by atoms with Crippen LogP contribution in [-0.2, 0) is 0 Å². The smallest absolute Gasteiger partial charge is 0.0489 e. The van der Waals surface area contributed by atoms with Crippen LogP contribution in [0.25, 0.3) is 0 Å². The Morgan fingerprint density at radius 3 is 2.92 bits per heavy atom. The lowest BCUT2D eigenvalue weighted by Crippen LogP contribution is -2.22. The van der Waals surface area contributed by atoms with Gasteiger partial charge in [0.25, 0.3) is 0 Å². The van der Waals surface area contributed by atoms with Crippen molar-refractivity contribution >= 4 is 28.9 Å². The number of hydrogen-bond donors (Lipinski definition) is 2. The van der Waals surface area contributed by atoms with Gasteiger partial charge in [-0.1, -0.05) is 23.2 Å². The van der Waals surface area contributed by atoms with Gasteiger partial charge >= 0.3 is 0 Å². The molecule has 3 N–H and O–H groups in total. The summed E-state index contributed by atoms with van der Waals surface area (Å²) in [4.78, 5) is 0. The summed E-state index contributed by atoms with van der Waals surface area (Å²) in [7, 11) is 0. The third-order valence-corrected chi connectivity index (χ3v) is 2.77. The van der Waals surface area contributed by atoms with Crippen LogP contribution in [0, 0.1) is 0 Å². The number of benzene rings is 1. The predicted octanol–water partition coefficient (Wildman–Crippen LogP) is 2.81. The first-order chi connectivity index (χ1) is 6.18. The molecule has 0 aliphatic carbocycles. The molecular formula is C9H10Cl2N2. The summed E-state index contributed by atoms with van der Waals surface area (Å²) in [6.45, 7) is 0.880. The molecule has 0 amide bonds. The standard InChI is InChI=1S/C9H10Cl2N2/c10-5-3-6(11)9-7(12)1-2-13-8(9)4-5/h3-4,7,13H,1-2,12H2. The molecule has 13 heavy (non-hydrogen) atoms. The normalized spacial score (nSPS) is 20.7. The van der Waals surface area contributed by atoms with Crippen molar-refractivity contribution in [1.29, 1.82) is 0 Å². The van der Waals surface area contributed by atoms with Crippen LogP contribution >= 0.6 is 23.2 Å². The number of fused-ring (bicyclic) bond motifs is 1. The zero-order chi connectivity index (χ0) is 9.42. The van der Waals surface area contributed by atoms with E-state index < -0.39 is 0 Å². The largest absolute Gasteiger partial charge is 0.385 e. The van der Waals surface area contributed by atoms with Gasteiger partial charge < -0.3 is 11.1 Å². The average Bonchev–Trinajstić information content (AvgIpc) is 2.02. The molecule has 1 aliphatic heterocycles. The minimum absolute atomic E-state index is 0.0287. The summed E-state index contributed by atoms with van der Waals surface area (Å²) in [6.07, 6.45) is 0.911. The molecule has 1 atom stereocenters. The van der Waals surface area contributed by atoms with Crippen LogP contribution in [-0.4, -0.2) is 6.54 Å². The lowest BCUT2D eigenvalue weighted by atomic mass is 9.99. The lowest BCUT2D eigenvalue weighted by molar-refractivity contribution is 0.655. The van der Waals surface area contributed by atoms with Crippen LogP contribution in [0.15, 0.2) is 12.1 Å². The molecule has 0 fully saturated rings. The molecule has 4 heteroatoms. The van der Waals surface area contributed by atoms with Crippen LogP contribution in [0.1, 0.15) is 18.0 Å². The van der Waals surface area contributed by atoms with E-state index in [-0.39, 0.29) is 6.04 Å². The molecule has 2 nitrogen and oxygen atoms in total. The quantitative estimate of drug-likeness (QED) is 0.701. The van der Waals surface area contributed by atoms with Gasteiger partial charge in [0.2, 0.25) is 0 Å². The highest BCUT2D eigenvalue weighted by atomic mass is 35.5. The van der Waals surface area contributed by atoms with E-state index in [2.05, 4.69) is 5.32 Å². The maximum absolute atomic E-state index is 6.04. The van der Waals surface area contributed by atoms with E-state index in [0.29, 0.717) is 10.0 Å². The first-order valence-electron chi connectivity index (χ1n) is 4.17. The summed E-state index contributed by atoms with van der Waals surface area (Å²) in [5.74, 6) is 0. The van der Waals surface area contributed by atoms with Crippen molar-refractivity contribution in [2.24, 2.45) is 5.73 Å². The average molecular weight is 217 g/mol. The number of halogens is 2. The monoisotopic (exact) mass is 216 g/mol. The highest BCUT2D eigenvalue weighted by Crippen LogP contribution is 2.36. The Hall–Kier alpha value is -0.440. The summed E-state index contributed by atoms with van der Waals surface area (Å²) < 4.78 is 0. The molecule has 0 spiro atoms. The van der Waals surface area contributed by atoms with Gasteiger partial charge in [0, 0.05) is 33.9 Å². The van der Waals surface area contributed by atoms with Gasteiger partial charge in [0.1, 0.15) is 0 Å². The number of hydrogen-bond acceptors (Lipinski definition) is 2. The van der Waals surface area contributed by atoms with E-state index in [1.165, 1.54) is 0 Å². The highest BCUT2D eigenvalue weighted by Gasteiger charge is 2.19. The van der Waals surface area contributed by atoms with E-state index in [4.69, 9.17) is 28.9 Å². The number of nitrogens with one attached hydrogen (secondary N) is 1. The Balaban J connectivity index is 2.56. The van der Waals surface area contributed by atoms with E-state index >= 15 is 0 Å². The SMILES string of the molecule is NC1CCNc2cc(Cl)cc(Cl)c21. The molecule has 1 aliphatic rings. The molecule has 1 aromatic rings. The fourth-order valence-corrected chi connectivity index (χ4v) is 2.25. The molecule has 1 unspecified atom stereocenters. The lowest BCUT2D eigenvalue weighted by Gasteiger charge is -2.24. The fourth-order valence-electron chi connectivity index (χ4n) is 1.61. The zero-order valence-electron chi connectivity index (χ0n) is 6.98. The molecule has 1 heterocycles. The van der Waals surface area contributed by atoms with Gasteiger partial charge in [-0.3, -0.25) is 0 Å². The first kappa shape index (κ1) is 9.13. The van der Waals surface area contributed by atoms with Crippen molar-refractivity contribution in [3.05, 3.63) is 27.7 Å². The second kappa shape index (κ2) is 3.37. The van der Waals surface area contributed by atoms with E-state index in [1.807, 2.05) is 6.07 Å². The highest BCUT2D eigenvalue weighted by molar-refractivity contribution is 6.35. The predicted molar refractivity (Wildman–Crippen MR) is 56.5 cm³/mol. The Morgan fingerprint density at radius 1 is 1.38 bits per heavy atom. The molecule has 0 saturated heterocycles. The van der Waals surface area contributed by atoms with Gasteiger partial charge in [0.15, 0.2) is 0 Å². The van der Waals surface area contributed by atoms with Crippen molar-refractivity contribution in [2.75, 3.05) is 11.9 Å². The van der Waals surface area contributed by atoms with Crippen molar-refractivity contribution in [1.82, 2.24) is 0 Å². The second-order valence-corrected chi connectivity index (χ2v) is 4.01. The molecule has 0 bridgehead atoms. The minimum Gasteiger partial charge on any atom is -0.385 e. The van der Waals surface area contributed by atoms with E-state index in [0.717, 1.165) is 24.2 Å². The molecule has 1 aromatic carbocycles. The zero-order valence-corrected chi connectivity index (χ0v) is 8.49. The summed E-state index contributed by atoms with van der Waals surface area (Å²) in [5, 5.41) is 4.52. The summed E-state index contributed by atoms with van der Waals surface area (Å²) in [6, 6.07) is 3.62. The van der Waals surface area contributed by atoms with E-state index in [9.17, 15) is 0 Å². The Bertz CT molecular complexity index is 339. The first-order valence-corrected chi connectivity index (χ1v) is 4.92. The van der Waals surface area contributed by atoms with Gasteiger partial charge in [-0.25, -0.2) is 0 Å². The minimum atomic E-state index is 0.0287. The fraction of sp³-hybridized carbons (Fsp3) is 0.333. The van der Waals surface area contributed by atoms with Gasteiger partial charge in [-0.15, -0.1) is 0 Å². The molecule has 0 saturated carbocycles. The number of rotatable bonds is 0. The molecule has 70 valence electrons. The van der Waals surface area contributed by atoms with Crippen LogP contribution in [0.4, 0.5) is 5.69 Å². The Morgan fingerprint density at radius 2 is 2.15 bits per heavy atom. The summed E-state index contributed by atoms with van der Waals surface area (Å²) in [5.41, 5.74) is 7.88. The third kappa shape index (κ3) is 1.62. The van der Waals surface area contributed by atoms with Crippen molar-refractivity contribution in [3.8, 4) is 0 Å². The Labute approximate surface area is 87.0 Å². The molecule has 0 radical (unpaired) electrons. The van der Waals surface area contributed by atoms with Crippen LogP contribution < -0.4 is 11.1 Å². The molecule has 2 rings (SSSR count). The number of nitrogens with two attached hydrogens (primary N) is 1. The van der Waals surface area contributed by atoms with Crippen LogP contribution in [0.5, 0.6) is 0 Å². The van der Waals surface area contributed by atoms with E-state index in [1.54, 1.807) is 6.07 Å². The van der Waals surface area contributed by atoms with Gasteiger partial charge in [0.05, 0.1) is 0 Å². The third-order valence-electron chi connectivity index (χ3n) is 2.24. The second-order valence-electron chi connectivity index (χ2n) is 3.17. The van der Waals surface area contributed by atoms with Crippen LogP contribution in [0.3, 0.4) is 0 Å². The summed E-state index contributed by atoms with van der Waals surface area (Å²) >= 11 is 11.9. The van der Waals surface area contributed by atoms with Gasteiger partial charge in [-0.05, 0) is 18.6 Å². The van der Waals surface area contributed by atoms with Crippen molar-refractivity contribution < 1.29 is 0 Å². The Kier molecular flexibility index (Phi) is 2.37.